The topological polar surface area (TPSA) is 54.6 Å². The molecule has 0 spiro atoms. The van der Waals surface area contributed by atoms with Crippen LogP contribution in [-0.4, -0.2) is 38.4 Å². The number of nitrogens with zero attached hydrogens (tertiary/aromatic N) is 1. The minimum atomic E-state index is -0.520. The molecule has 1 aliphatic heterocycles. The van der Waals surface area contributed by atoms with E-state index in [0.717, 1.165) is 5.69 Å². The predicted octanol–water partition coefficient (Wildman–Crippen LogP) is 3.18. The van der Waals surface area contributed by atoms with Crippen molar-refractivity contribution < 1.29 is 13.9 Å². The highest BCUT2D eigenvalue weighted by molar-refractivity contribution is 5.93. The van der Waals surface area contributed by atoms with E-state index in [9.17, 15) is 9.18 Å². The molecule has 1 aromatic heterocycles. The van der Waals surface area contributed by atoms with Gasteiger partial charge in [0.2, 0.25) is 0 Å². The van der Waals surface area contributed by atoms with Gasteiger partial charge in [0.1, 0.15) is 11.6 Å². The van der Waals surface area contributed by atoms with Gasteiger partial charge in [-0.2, -0.15) is 0 Å². The largest absolute Gasteiger partial charge is 0.497 e. The molecule has 1 fully saturated rings. The maximum atomic E-state index is 14.5. The normalized spacial score (nSPS) is 14.6. The zero-order valence-corrected chi connectivity index (χ0v) is 14.4. The van der Waals surface area contributed by atoms with E-state index in [-0.39, 0.29) is 10.8 Å². The lowest BCUT2D eigenvalue weighted by Crippen LogP contribution is -2.36. The van der Waals surface area contributed by atoms with Crippen LogP contribution in [0.5, 0.6) is 5.75 Å². The Labute approximate surface area is 150 Å². The van der Waals surface area contributed by atoms with E-state index < -0.39 is 5.82 Å². The number of nitrogens with one attached hydrogen (secondary N) is 1. The number of hydrogen-bond donors (Lipinski definition) is 1. The quantitative estimate of drug-likeness (QED) is 0.785. The van der Waals surface area contributed by atoms with Gasteiger partial charge < -0.3 is 19.4 Å². The monoisotopic (exact) mass is 354 g/mol. The first kappa shape index (κ1) is 16.6. The van der Waals surface area contributed by atoms with Crippen LogP contribution in [0.25, 0.3) is 22.0 Å². The molecule has 2 aromatic carbocycles. The number of fused-ring (bicyclic) bond motifs is 1. The van der Waals surface area contributed by atoms with Crippen molar-refractivity contribution in [1.82, 2.24) is 4.98 Å². The molecule has 1 N–H and O–H groups in total. The third-order valence-electron chi connectivity index (χ3n) is 4.72. The van der Waals surface area contributed by atoms with Gasteiger partial charge in [-0.25, -0.2) is 4.39 Å². The van der Waals surface area contributed by atoms with Crippen LogP contribution in [0.1, 0.15) is 0 Å². The molecule has 0 unspecified atom stereocenters. The Balaban J connectivity index is 1.86. The summed E-state index contributed by atoms with van der Waals surface area (Å²) >= 11 is 0. The van der Waals surface area contributed by atoms with Crippen LogP contribution in [0.3, 0.4) is 0 Å². The van der Waals surface area contributed by atoms with E-state index in [4.69, 9.17) is 9.47 Å². The van der Waals surface area contributed by atoms with Gasteiger partial charge in [0, 0.05) is 24.8 Å². The number of ether oxygens (including phenoxy) is 2. The predicted molar refractivity (Wildman–Crippen MR) is 99.5 cm³/mol. The number of morpholine rings is 1. The van der Waals surface area contributed by atoms with Crippen molar-refractivity contribution in [3.05, 3.63) is 58.6 Å². The zero-order valence-electron chi connectivity index (χ0n) is 14.4. The molecule has 2 heterocycles. The first-order valence-corrected chi connectivity index (χ1v) is 8.50. The molecular formula is C20H19FN2O3. The van der Waals surface area contributed by atoms with Crippen molar-refractivity contribution >= 4 is 16.6 Å². The number of pyridine rings is 1. The highest BCUT2D eigenvalue weighted by atomic mass is 19.1. The number of halogens is 1. The summed E-state index contributed by atoms with van der Waals surface area (Å²) in [4.78, 5) is 18.3. The molecule has 0 saturated carbocycles. The maximum Gasteiger partial charge on any atom is 0.200 e. The van der Waals surface area contributed by atoms with Crippen LogP contribution in [0.4, 0.5) is 10.1 Å². The van der Waals surface area contributed by atoms with Gasteiger partial charge in [-0.3, -0.25) is 4.79 Å². The fourth-order valence-electron chi connectivity index (χ4n) is 3.33. The first-order chi connectivity index (χ1) is 12.7. The Morgan fingerprint density at radius 3 is 2.54 bits per heavy atom. The van der Waals surface area contributed by atoms with Crippen molar-refractivity contribution in [3.63, 3.8) is 0 Å². The van der Waals surface area contributed by atoms with E-state index in [1.54, 1.807) is 43.6 Å². The maximum absolute atomic E-state index is 14.5. The van der Waals surface area contributed by atoms with Crippen LogP contribution in [0.2, 0.25) is 0 Å². The second kappa shape index (κ2) is 6.80. The number of benzene rings is 2. The number of methoxy groups -OCH3 is 1. The highest BCUT2D eigenvalue weighted by Gasteiger charge is 2.19. The molecule has 6 heteroatoms. The summed E-state index contributed by atoms with van der Waals surface area (Å²) in [5.41, 5.74) is 2.16. The molecule has 0 bridgehead atoms. The standard InChI is InChI=1S/C20H19FN2O3/c1-25-14-4-2-13(3-5-14)15-12-22-19-17(23-8-10-26-11-9-23)7-6-16(21)18(19)20(15)24/h2-7,12H,8-11H2,1H3,(H,22,24). The van der Waals surface area contributed by atoms with Crippen LogP contribution < -0.4 is 15.1 Å². The first-order valence-electron chi connectivity index (χ1n) is 8.50. The lowest BCUT2D eigenvalue weighted by atomic mass is 10.0. The van der Waals surface area contributed by atoms with Crippen molar-refractivity contribution in [3.8, 4) is 16.9 Å². The second-order valence-corrected chi connectivity index (χ2v) is 6.18. The number of aromatic amines is 1. The minimum Gasteiger partial charge on any atom is -0.497 e. The molecule has 0 atom stereocenters. The van der Waals surface area contributed by atoms with Crippen LogP contribution in [-0.2, 0) is 4.74 Å². The molecular weight excluding hydrogens is 335 g/mol. The molecule has 1 aliphatic rings. The van der Waals surface area contributed by atoms with Crippen molar-refractivity contribution in [2.45, 2.75) is 0 Å². The van der Waals surface area contributed by atoms with E-state index in [1.165, 1.54) is 6.07 Å². The number of aromatic nitrogens is 1. The summed E-state index contributed by atoms with van der Waals surface area (Å²) in [7, 11) is 1.58. The molecule has 4 rings (SSSR count). The van der Waals surface area contributed by atoms with Crippen LogP contribution in [0, 0.1) is 5.82 Å². The Hall–Kier alpha value is -2.86. The lowest BCUT2D eigenvalue weighted by Gasteiger charge is -2.29. The number of anilines is 1. The number of H-pyrrole nitrogens is 1. The summed E-state index contributed by atoms with van der Waals surface area (Å²) in [6, 6.07) is 10.2. The van der Waals surface area contributed by atoms with E-state index in [0.29, 0.717) is 48.7 Å². The molecule has 0 amide bonds. The molecule has 0 aliphatic carbocycles. The van der Waals surface area contributed by atoms with Crippen LogP contribution >= 0.6 is 0 Å². The highest BCUT2D eigenvalue weighted by Crippen LogP contribution is 2.28. The molecule has 0 radical (unpaired) electrons. The molecule has 1 saturated heterocycles. The fourth-order valence-corrected chi connectivity index (χ4v) is 3.33. The van der Waals surface area contributed by atoms with Crippen molar-refractivity contribution in [2.75, 3.05) is 38.3 Å². The minimum absolute atomic E-state index is 0.0855. The average molecular weight is 354 g/mol. The molecule has 3 aromatic rings. The van der Waals surface area contributed by atoms with Gasteiger partial charge in [-0.05, 0) is 29.8 Å². The lowest BCUT2D eigenvalue weighted by molar-refractivity contribution is 0.123. The van der Waals surface area contributed by atoms with Gasteiger partial charge in [-0.1, -0.05) is 12.1 Å². The van der Waals surface area contributed by atoms with Gasteiger partial charge >= 0.3 is 0 Å². The third-order valence-corrected chi connectivity index (χ3v) is 4.72. The van der Waals surface area contributed by atoms with Gasteiger partial charge in [-0.15, -0.1) is 0 Å². The summed E-state index contributed by atoms with van der Waals surface area (Å²) < 4.78 is 25.0. The average Bonchev–Trinajstić information content (AvgIpc) is 2.69. The van der Waals surface area contributed by atoms with Crippen LogP contribution in [0.15, 0.2) is 47.4 Å². The van der Waals surface area contributed by atoms with E-state index >= 15 is 0 Å². The van der Waals surface area contributed by atoms with Gasteiger partial charge in [0.15, 0.2) is 5.43 Å². The smallest absolute Gasteiger partial charge is 0.200 e. The van der Waals surface area contributed by atoms with Gasteiger partial charge in [0.05, 0.1) is 36.9 Å². The summed E-state index contributed by atoms with van der Waals surface area (Å²) in [5.74, 6) is 0.181. The fraction of sp³-hybridized carbons (Fsp3) is 0.250. The molecule has 26 heavy (non-hydrogen) atoms. The molecule has 5 nitrogen and oxygen atoms in total. The number of hydrogen-bond acceptors (Lipinski definition) is 4. The van der Waals surface area contributed by atoms with Crippen molar-refractivity contribution in [1.29, 1.82) is 0 Å². The zero-order chi connectivity index (χ0) is 18.1. The summed E-state index contributed by atoms with van der Waals surface area (Å²) in [6.07, 6.45) is 1.65. The van der Waals surface area contributed by atoms with E-state index in [2.05, 4.69) is 9.88 Å². The second-order valence-electron chi connectivity index (χ2n) is 6.18. The van der Waals surface area contributed by atoms with Gasteiger partial charge in [0.25, 0.3) is 0 Å². The third kappa shape index (κ3) is 2.82. The van der Waals surface area contributed by atoms with Crippen molar-refractivity contribution in [2.24, 2.45) is 0 Å². The Kier molecular flexibility index (Phi) is 4.34. The Bertz CT molecular complexity index is 992. The van der Waals surface area contributed by atoms with E-state index in [1.807, 2.05) is 0 Å². The number of rotatable bonds is 3. The summed E-state index contributed by atoms with van der Waals surface area (Å²) in [6.45, 7) is 2.66. The summed E-state index contributed by atoms with van der Waals surface area (Å²) in [5, 5.41) is 0.0855. The molecule has 134 valence electrons. The Morgan fingerprint density at radius 1 is 1.12 bits per heavy atom. The Morgan fingerprint density at radius 2 is 1.85 bits per heavy atom. The SMILES string of the molecule is COc1ccc(-c2c[nH]c3c(N4CCOCC4)ccc(F)c3c2=O)cc1.